The third-order valence-electron chi connectivity index (χ3n) is 1.54. The first-order valence-corrected chi connectivity index (χ1v) is 6.29. The molecule has 1 heterocycles. The molecule has 0 saturated carbocycles. The van der Waals surface area contributed by atoms with Gasteiger partial charge in [0.1, 0.15) is 13.7 Å². The molecule has 0 unspecified atom stereocenters. The van der Waals surface area contributed by atoms with E-state index in [2.05, 4.69) is 5.10 Å². The van der Waals surface area contributed by atoms with E-state index in [0.717, 1.165) is 0 Å². The van der Waals surface area contributed by atoms with Crippen LogP contribution in [0.25, 0.3) is 0 Å². The Hall–Kier alpha value is -1.09. The average molecular weight is 202 g/mol. The van der Waals surface area contributed by atoms with Crippen molar-refractivity contribution in [2.75, 3.05) is 13.3 Å². The highest BCUT2D eigenvalue weighted by Crippen LogP contribution is 2.33. The zero-order valence-corrected chi connectivity index (χ0v) is 8.36. The number of carbonyl (C=O) groups is 1. The van der Waals surface area contributed by atoms with E-state index in [1.54, 1.807) is 13.3 Å². The molecule has 1 aromatic rings. The molecule has 0 aliphatic rings. The van der Waals surface area contributed by atoms with E-state index in [1.807, 2.05) is 0 Å². The molecule has 0 spiro atoms. The molecule has 0 atom stereocenters. The second kappa shape index (κ2) is 3.34. The highest BCUT2D eigenvalue weighted by Gasteiger charge is 2.13. The van der Waals surface area contributed by atoms with Crippen molar-refractivity contribution in [3.63, 3.8) is 0 Å². The van der Waals surface area contributed by atoms with Crippen molar-refractivity contribution < 1.29 is 14.5 Å². The molecule has 0 saturated heterocycles. The van der Waals surface area contributed by atoms with Crippen LogP contribution in [0.15, 0.2) is 12.4 Å². The summed E-state index contributed by atoms with van der Waals surface area (Å²) in [6.07, 6.45) is 2.96. The molecule has 1 aromatic heterocycles. The summed E-state index contributed by atoms with van der Waals surface area (Å²) in [6, 6.07) is 0. The Bertz CT molecular complexity index is 366. The Balaban J connectivity index is 2.87. The minimum Gasteiger partial charge on any atom is -0.480 e. The van der Waals surface area contributed by atoms with Crippen LogP contribution in [0.1, 0.15) is 0 Å². The van der Waals surface area contributed by atoms with Gasteiger partial charge in [0.2, 0.25) is 0 Å². The lowest BCUT2D eigenvalue weighted by molar-refractivity contribution is -0.137. The number of carboxylic acids is 1. The SMILES string of the molecule is CP(C)(=O)c1cnn(CC(=O)O)c1. The van der Waals surface area contributed by atoms with Gasteiger partial charge in [-0.3, -0.25) is 9.48 Å². The van der Waals surface area contributed by atoms with E-state index in [-0.39, 0.29) is 6.54 Å². The van der Waals surface area contributed by atoms with E-state index in [9.17, 15) is 9.36 Å². The number of nitrogens with zero attached hydrogens (tertiary/aromatic N) is 2. The van der Waals surface area contributed by atoms with Gasteiger partial charge in [0.25, 0.3) is 0 Å². The van der Waals surface area contributed by atoms with Crippen LogP contribution in [0.5, 0.6) is 0 Å². The normalized spacial score (nSPS) is 11.5. The zero-order valence-electron chi connectivity index (χ0n) is 7.47. The third kappa shape index (κ3) is 2.70. The lowest BCUT2D eigenvalue weighted by atomic mass is 10.6. The van der Waals surface area contributed by atoms with Crippen molar-refractivity contribution in [2.24, 2.45) is 0 Å². The molecule has 1 N–H and O–H groups in total. The number of aliphatic carboxylic acids is 1. The Labute approximate surface area is 75.7 Å². The lowest BCUT2D eigenvalue weighted by Gasteiger charge is -2.00. The first-order valence-electron chi connectivity index (χ1n) is 3.69. The van der Waals surface area contributed by atoms with Crippen molar-refractivity contribution in [1.82, 2.24) is 9.78 Å². The summed E-state index contributed by atoms with van der Waals surface area (Å²) in [6.45, 7) is 3.05. The summed E-state index contributed by atoms with van der Waals surface area (Å²) >= 11 is 0. The molecule has 6 heteroatoms. The third-order valence-corrected chi connectivity index (χ3v) is 3.01. The van der Waals surface area contributed by atoms with E-state index in [0.29, 0.717) is 5.30 Å². The molecule has 0 bridgehead atoms. The van der Waals surface area contributed by atoms with Gasteiger partial charge in [-0.25, -0.2) is 0 Å². The summed E-state index contributed by atoms with van der Waals surface area (Å²) < 4.78 is 12.8. The molecule has 72 valence electrons. The molecule has 0 amide bonds. The smallest absolute Gasteiger partial charge is 0.325 e. The van der Waals surface area contributed by atoms with Crippen LogP contribution in [0.2, 0.25) is 0 Å². The van der Waals surface area contributed by atoms with Gasteiger partial charge in [-0.15, -0.1) is 0 Å². The van der Waals surface area contributed by atoms with Crippen LogP contribution in [0, 0.1) is 0 Å². The van der Waals surface area contributed by atoms with Gasteiger partial charge in [-0.2, -0.15) is 5.10 Å². The van der Waals surface area contributed by atoms with Gasteiger partial charge < -0.3 is 9.67 Å². The minimum atomic E-state index is -2.32. The molecule has 13 heavy (non-hydrogen) atoms. The fourth-order valence-corrected chi connectivity index (χ4v) is 1.60. The molecule has 1 rings (SSSR count). The number of hydrogen-bond acceptors (Lipinski definition) is 3. The number of carboxylic acid groups (broad SMARTS) is 1. The van der Waals surface area contributed by atoms with Crippen molar-refractivity contribution in [3.8, 4) is 0 Å². The minimum absolute atomic E-state index is 0.194. The van der Waals surface area contributed by atoms with Gasteiger partial charge >= 0.3 is 5.97 Å². The molecular formula is C7H11N2O3P. The van der Waals surface area contributed by atoms with Gasteiger partial charge in [0, 0.05) is 11.5 Å². The molecule has 0 aromatic carbocycles. The predicted octanol–water partition coefficient (Wildman–Crippen LogP) is 0.216. The van der Waals surface area contributed by atoms with Crippen LogP contribution in [0.4, 0.5) is 0 Å². The largest absolute Gasteiger partial charge is 0.480 e. The molecule has 0 aliphatic heterocycles. The summed E-state index contributed by atoms with van der Waals surface area (Å²) in [4.78, 5) is 10.3. The summed E-state index contributed by atoms with van der Waals surface area (Å²) in [5, 5.41) is 12.8. The van der Waals surface area contributed by atoms with Crippen molar-refractivity contribution in [2.45, 2.75) is 6.54 Å². The second-order valence-electron chi connectivity index (χ2n) is 3.14. The average Bonchev–Trinajstić information content (AvgIpc) is 2.32. The highest BCUT2D eigenvalue weighted by molar-refractivity contribution is 7.70. The van der Waals surface area contributed by atoms with E-state index >= 15 is 0 Å². The van der Waals surface area contributed by atoms with Crippen molar-refractivity contribution in [3.05, 3.63) is 12.4 Å². The first-order chi connectivity index (χ1) is 5.89. The summed E-state index contributed by atoms with van der Waals surface area (Å²) in [5.74, 6) is -0.961. The fourth-order valence-electron chi connectivity index (χ4n) is 0.856. The van der Waals surface area contributed by atoms with Gasteiger partial charge in [-0.05, 0) is 13.3 Å². The summed E-state index contributed by atoms with van der Waals surface area (Å²) in [7, 11) is -2.32. The van der Waals surface area contributed by atoms with Gasteiger partial charge in [0.05, 0.1) is 6.20 Å². The van der Waals surface area contributed by atoms with E-state index in [4.69, 9.17) is 5.11 Å². The molecule has 0 fully saturated rings. The Morgan fingerprint density at radius 2 is 2.31 bits per heavy atom. The zero-order chi connectivity index (χ0) is 10.1. The number of rotatable bonds is 3. The van der Waals surface area contributed by atoms with Crippen LogP contribution in [-0.2, 0) is 15.9 Å². The maximum absolute atomic E-state index is 11.5. The van der Waals surface area contributed by atoms with Crippen molar-refractivity contribution >= 4 is 18.4 Å². The number of aromatic nitrogens is 2. The molecule has 0 radical (unpaired) electrons. The molecule has 0 aliphatic carbocycles. The van der Waals surface area contributed by atoms with Gasteiger partial charge in [0.15, 0.2) is 0 Å². The number of hydrogen-bond donors (Lipinski definition) is 1. The van der Waals surface area contributed by atoms with Gasteiger partial charge in [-0.1, -0.05) is 0 Å². The standard InChI is InChI=1S/C7H11N2O3P/c1-13(2,12)6-3-8-9(4-6)5-7(10)11/h3-4H,5H2,1-2H3,(H,10,11). The predicted molar refractivity (Wildman–Crippen MR) is 49.0 cm³/mol. The summed E-state index contributed by atoms with van der Waals surface area (Å²) in [5.41, 5.74) is 0. The Morgan fingerprint density at radius 1 is 1.69 bits per heavy atom. The first kappa shape index (κ1) is 9.99. The maximum Gasteiger partial charge on any atom is 0.325 e. The van der Waals surface area contributed by atoms with Crippen LogP contribution < -0.4 is 5.30 Å². The molecule has 5 nitrogen and oxygen atoms in total. The monoisotopic (exact) mass is 202 g/mol. The Morgan fingerprint density at radius 3 is 2.69 bits per heavy atom. The van der Waals surface area contributed by atoms with Crippen LogP contribution >= 0.6 is 7.14 Å². The lowest BCUT2D eigenvalue weighted by Crippen LogP contribution is -2.09. The van der Waals surface area contributed by atoms with Crippen LogP contribution in [0.3, 0.4) is 0 Å². The fraction of sp³-hybridized carbons (Fsp3) is 0.429. The maximum atomic E-state index is 11.5. The van der Waals surface area contributed by atoms with Crippen LogP contribution in [-0.4, -0.2) is 34.2 Å². The molecular weight excluding hydrogens is 191 g/mol. The van der Waals surface area contributed by atoms with E-state index in [1.165, 1.54) is 17.1 Å². The topological polar surface area (TPSA) is 72.2 Å². The van der Waals surface area contributed by atoms with E-state index < -0.39 is 13.1 Å². The Kier molecular flexibility index (Phi) is 2.57. The van der Waals surface area contributed by atoms with Crippen molar-refractivity contribution in [1.29, 1.82) is 0 Å². The second-order valence-corrected chi connectivity index (χ2v) is 6.36. The quantitative estimate of drug-likeness (QED) is 0.711. The highest BCUT2D eigenvalue weighted by atomic mass is 31.2.